The minimum Gasteiger partial charge on any atom is -0.207 e. The zero-order chi connectivity index (χ0) is 14.8. The molecule has 0 saturated carbocycles. The summed E-state index contributed by atoms with van der Waals surface area (Å²) in [6.45, 7) is 8.33. The molecule has 0 unspecified atom stereocenters. The molecule has 0 radical (unpaired) electrons. The highest BCUT2D eigenvalue weighted by molar-refractivity contribution is 9.11. The average molecular weight is 413 g/mol. The zero-order valence-electron chi connectivity index (χ0n) is 11.5. The zero-order valence-corrected chi connectivity index (χ0v) is 15.5. The molecule has 108 valence electrons. The molecule has 1 aromatic rings. The normalized spacial score (nSPS) is 12.7. The van der Waals surface area contributed by atoms with E-state index in [1.807, 2.05) is 33.8 Å². The standard InChI is InChI=1S/C13H19Br2NO2S/c1-9(2)8-16(10(3)4)19(17,18)13-7-11(14)5-6-12(13)15/h5-7,9-10H,8H2,1-4H3. The maximum absolute atomic E-state index is 12.8. The van der Waals surface area contributed by atoms with E-state index in [4.69, 9.17) is 0 Å². The Balaban J connectivity index is 3.30. The summed E-state index contributed by atoms with van der Waals surface area (Å²) < 4.78 is 28.4. The summed E-state index contributed by atoms with van der Waals surface area (Å²) in [5.74, 6) is 0.281. The van der Waals surface area contributed by atoms with Gasteiger partial charge in [0.1, 0.15) is 0 Å². The predicted molar refractivity (Wildman–Crippen MR) is 85.7 cm³/mol. The van der Waals surface area contributed by atoms with Gasteiger partial charge < -0.3 is 0 Å². The van der Waals surface area contributed by atoms with Crippen molar-refractivity contribution in [3.63, 3.8) is 0 Å². The Hall–Kier alpha value is 0.0900. The van der Waals surface area contributed by atoms with E-state index in [9.17, 15) is 8.42 Å². The Kier molecular flexibility index (Phi) is 6.04. The smallest absolute Gasteiger partial charge is 0.207 e. The second-order valence-corrected chi connectivity index (χ2v) is 8.77. The fourth-order valence-corrected chi connectivity index (χ4v) is 5.01. The van der Waals surface area contributed by atoms with Crippen LogP contribution in [0.4, 0.5) is 0 Å². The van der Waals surface area contributed by atoms with Crippen molar-refractivity contribution in [3.8, 4) is 0 Å². The minimum absolute atomic E-state index is 0.0710. The summed E-state index contributed by atoms with van der Waals surface area (Å²) in [6.07, 6.45) is 0. The average Bonchev–Trinajstić information content (AvgIpc) is 2.28. The molecule has 0 N–H and O–H groups in total. The third-order valence-electron chi connectivity index (χ3n) is 2.60. The molecular formula is C13H19Br2NO2S. The summed E-state index contributed by atoms with van der Waals surface area (Å²) in [4.78, 5) is 0.302. The number of hydrogen-bond donors (Lipinski definition) is 0. The van der Waals surface area contributed by atoms with Crippen molar-refractivity contribution < 1.29 is 8.42 Å². The van der Waals surface area contributed by atoms with Gasteiger partial charge in [-0.05, 0) is 53.9 Å². The Labute approximate surface area is 132 Å². The molecule has 0 aliphatic rings. The lowest BCUT2D eigenvalue weighted by Crippen LogP contribution is -2.39. The molecule has 0 spiro atoms. The number of halogens is 2. The van der Waals surface area contributed by atoms with Gasteiger partial charge in [-0.2, -0.15) is 4.31 Å². The lowest BCUT2D eigenvalue weighted by atomic mass is 10.2. The molecule has 1 rings (SSSR count). The number of benzene rings is 1. The maximum atomic E-state index is 12.8. The molecular weight excluding hydrogens is 394 g/mol. The van der Waals surface area contributed by atoms with E-state index < -0.39 is 10.0 Å². The highest BCUT2D eigenvalue weighted by Gasteiger charge is 2.29. The fourth-order valence-electron chi connectivity index (χ4n) is 1.75. The van der Waals surface area contributed by atoms with Gasteiger partial charge in [0.2, 0.25) is 10.0 Å². The van der Waals surface area contributed by atoms with Crippen LogP contribution in [-0.4, -0.2) is 25.3 Å². The van der Waals surface area contributed by atoms with Crippen molar-refractivity contribution in [2.75, 3.05) is 6.54 Å². The van der Waals surface area contributed by atoms with Crippen LogP contribution in [0.25, 0.3) is 0 Å². The molecule has 0 aliphatic carbocycles. The van der Waals surface area contributed by atoms with Gasteiger partial charge in [0.05, 0.1) is 4.90 Å². The van der Waals surface area contributed by atoms with Gasteiger partial charge in [0.25, 0.3) is 0 Å². The predicted octanol–water partition coefficient (Wildman–Crippen LogP) is 4.27. The molecule has 0 atom stereocenters. The molecule has 0 aliphatic heterocycles. The highest BCUT2D eigenvalue weighted by Crippen LogP contribution is 2.29. The second kappa shape index (κ2) is 6.70. The van der Waals surface area contributed by atoms with Crippen LogP contribution in [0, 0.1) is 5.92 Å². The molecule has 0 fully saturated rings. The first-order chi connectivity index (χ1) is 8.66. The maximum Gasteiger partial charge on any atom is 0.244 e. The van der Waals surface area contributed by atoms with E-state index in [-0.39, 0.29) is 12.0 Å². The quantitative estimate of drug-likeness (QED) is 0.724. The fraction of sp³-hybridized carbons (Fsp3) is 0.538. The highest BCUT2D eigenvalue weighted by atomic mass is 79.9. The van der Waals surface area contributed by atoms with Gasteiger partial charge in [-0.3, -0.25) is 0 Å². The minimum atomic E-state index is -3.49. The number of sulfonamides is 1. The van der Waals surface area contributed by atoms with E-state index in [0.29, 0.717) is 15.9 Å². The largest absolute Gasteiger partial charge is 0.244 e. The molecule has 6 heteroatoms. The lowest BCUT2D eigenvalue weighted by Gasteiger charge is -2.28. The van der Waals surface area contributed by atoms with E-state index in [2.05, 4.69) is 31.9 Å². The number of rotatable bonds is 5. The molecule has 19 heavy (non-hydrogen) atoms. The van der Waals surface area contributed by atoms with Crippen LogP contribution in [0.3, 0.4) is 0 Å². The SMILES string of the molecule is CC(C)CN(C(C)C)S(=O)(=O)c1cc(Br)ccc1Br. The van der Waals surface area contributed by atoms with E-state index in [0.717, 1.165) is 4.47 Å². The van der Waals surface area contributed by atoms with Crippen LogP contribution in [0.1, 0.15) is 27.7 Å². The first kappa shape index (κ1) is 17.1. The van der Waals surface area contributed by atoms with E-state index >= 15 is 0 Å². The van der Waals surface area contributed by atoms with Gasteiger partial charge in [-0.25, -0.2) is 8.42 Å². The van der Waals surface area contributed by atoms with Gasteiger partial charge in [-0.1, -0.05) is 29.8 Å². The van der Waals surface area contributed by atoms with Crippen LogP contribution >= 0.6 is 31.9 Å². The third-order valence-corrected chi connectivity index (χ3v) is 6.13. The molecule has 0 heterocycles. The third kappa shape index (κ3) is 4.28. The summed E-state index contributed by atoms with van der Waals surface area (Å²) in [5, 5.41) is 0. The van der Waals surface area contributed by atoms with Crippen LogP contribution in [0.5, 0.6) is 0 Å². The summed E-state index contributed by atoms with van der Waals surface area (Å²) in [5.41, 5.74) is 0. The Morgan fingerprint density at radius 2 is 1.74 bits per heavy atom. The Bertz CT molecular complexity index is 542. The van der Waals surface area contributed by atoms with Crippen molar-refractivity contribution in [1.82, 2.24) is 4.31 Å². The van der Waals surface area contributed by atoms with Gasteiger partial charge >= 0.3 is 0 Å². The van der Waals surface area contributed by atoms with Crippen molar-refractivity contribution >= 4 is 41.9 Å². The number of nitrogens with zero attached hydrogens (tertiary/aromatic N) is 1. The van der Waals surface area contributed by atoms with Gasteiger partial charge in [0, 0.05) is 21.5 Å². The van der Waals surface area contributed by atoms with Crippen molar-refractivity contribution in [3.05, 3.63) is 27.1 Å². The molecule has 0 aromatic heterocycles. The van der Waals surface area contributed by atoms with Gasteiger partial charge in [0.15, 0.2) is 0 Å². The molecule has 3 nitrogen and oxygen atoms in total. The Morgan fingerprint density at radius 1 is 1.16 bits per heavy atom. The van der Waals surface area contributed by atoms with Crippen molar-refractivity contribution in [2.24, 2.45) is 5.92 Å². The summed E-state index contributed by atoms with van der Waals surface area (Å²) in [6, 6.07) is 5.11. The Morgan fingerprint density at radius 3 is 2.21 bits per heavy atom. The molecule has 0 bridgehead atoms. The van der Waals surface area contributed by atoms with Crippen molar-refractivity contribution in [1.29, 1.82) is 0 Å². The van der Waals surface area contributed by atoms with E-state index in [1.165, 1.54) is 0 Å². The first-order valence-electron chi connectivity index (χ1n) is 6.13. The topological polar surface area (TPSA) is 37.4 Å². The van der Waals surface area contributed by atoms with Gasteiger partial charge in [-0.15, -0.1) is 0 Å². The summed E-state index contributed by atoms with van der Waals surface area (Å²) >= 11 is 6.65. The molecule has 0 saturated heterocycles. The number of hydrogen-bond acceptors (Lipinski definition) is 2. The first-order valence-corrected chi connectivity index (χ1v) is 9.15. The van der Waals surface area contributed by atoms with Crippen molar-refractivity contribution in [2.45, 2.75) is 38.6 Å². The molecule has 1 aromatic carbocycles. The monoisotopic (exact) mass is 411 g/mol. The summed E-state index contributed by atoms with van der Waals surface area (Å²) in [7, 11) is -3.49. The molecule has 0 amide bonds. The van der Waals surface area contributed by atoms with Crippen LogP contribution in [-0.2, 0) is 10.0 Å². The van der Waals surface area contributed by atoms with E-state index in [1.54, 1.807) is 16.4 Å². The van der Waals surface area contributed by atoms with Crippen LogP contribution in [0.15, 0.2) is 32.0 Å². The second-order valence-electron chi connectivity index (χ2n) is 5.14. The lowest BCUT2D eigenvalue weighted by molar-refractivity contribution is 0.318. The van der Waals surface area contributed by atoms with Crippen LogP contribution in [0.2, 0.25) is 0 Å². The van der Waals surface area contributed by atoms with Crippen LogP contribution < -0.4 is 0 Å².